The minimum atomic E-state index is -0.607. The monoisotopic (exact) mass is 466 g/mol. The number of non-ortho nitro benzene ring substituents is 1. The van der Waals surface area contributed by atoms with Crippen LogP contribution in [0.2, 0.25) is 5.02 Å². The molecule has 0 aromatic heterocycles. The van der Waals surface area contributed by atoms with Gasteiger partial charge < -0.3 is 10.1 Å². The Morgan fingerprint density at radius 2 is 1.91 bits per heavy atom. The Hall–Kier alpha value is -4.24. The number of nitro groups is 1. The van der Waals surface area contributed by atoms with Gasteiger partial charge in [-0.25, -0.2) is 5.43 Å². The van der Waals surface area contributed by atoms with Gasteiger partial charge in [-0.3, -0.25) is 19.7 Å². The third kappa shape index (κ3) is 6.62. The van der Waals surface area contributed by atoms with E-state index in [1.807, 2.05) is 6.92 Å². The van der Waals surface area contributed by atoms with Crippen molar-refractivity contribution in [3.63, 3.8) is 0 Å². The summed E-state index contributed by atoms with van der Waals surface area (Å²) in [6.45, 7) is 1.61. The molecule has 0 spiro atoms. The van der Waals surface area contributed by atoms with E-state index in [1.54, 1.807) is 42.5 Å². The molecule has 3 aromatic rings. The molecule has 168 valence electrons. The predicted octanol–water partition coefficient (Wildman–Crippen LogP) is 4.34. The smallest absolute Gasteiger partial charge is 0.271 e. The van der Waals surface area contributed by atoms with Gasteiger partial charge in [-0.15, -0.1) is 0 Å². The van der Waals surface area contributed by atoms with Crippen molar-refractivity contribution in [1.29, 1.82) is 0 Å². The van der Waals surface area contributed by atoms with Gasteiger partial charge in [0.15, 0.2) is 6.61 Å². The number of carbonyl (C=O) groups is 2. The topological polar surface area (TPSA) is 123 Å². The Labute approximate surface area is 194 Å². The van der Waals surface area contributed by atoms with Crippen LogP contribution in [0.3, 0.4) is 0 Å². The molecule has 0 unspecified atom stereocenters. The number of carbonyl (C=O) groups excluding carboxylic acids is 2. The average Bonchev–Trinajstić information content (AvgIpc) is 2.81. The van der Waals surface area contributed by atoms with Crippen LogP contribution in [0.4, 0.5) is 11.4 Å². The number of benzene rings is 3. The molecule has 3 rings (SSSR count). The molecule has 0 saturated heterocycles. The number of hydrazone groups is 1. The number of nitrogens with one attached hydrogen (secondary N) is 2. The van der Waals surface area contributed by atoms with E-state index in [9.17, 15) is 19.7 Å². The van der Waals surface area contributed by atoms with Gasteiger partial charge in [0.2, 0.25) is 0 Å². The van der Waals surface area contributed by atoms with E-state index >= 15 is 0 Å². The van der Waals surface area contributed by atoms with Crippen molar-refractivity contribution in [2.24, 2.45) is 5.10 Å². The van der Waals surface area contributed by atoms with Crippen LogP contribution in [0, 0.1) is 17.0 Å². The molecule has 0 radical (unpaired) electrons. The average molecular weight is 467 g/mol. The van der Waals surface area contributed by atoms with Gasteiger partial charge >= 0.3 is 0 Å². The Balaban J connectivity index is 1.59. The number of nitrogens with zero attached hydrogens (tertiary/aromatic N) is 2. The molecule has 9 nitrogen and oxygen atoms in total. The zero-order valence-electron chi connectivity index (χ0n) is 17.4. The van der Waals surface area contributed by atoms with Crippen LogP contribution in [-0.2, 0) is 4.79 Å². The van der Waals surface area contributed by atoms with E-state index in [0.717, 1.165) is 11.6 Å². The lowest BCUT2D eigenvalue weighted by atomic mass is 10.2. The van der Waals surface area contributed by atoms with Crippen molar-refractivity contribution in [2.75, 3.05) is 11.9 Å². The molecular formula is C23H19ClN4O5. The van der Waals surface area contributed by atoms with Crippen molar-refractivity contribution in [3.8, 4) is 5.75 Å². The fourth-order valence-corrected chi connectivity index (χ4v) is 2.90. The molecule has 0 fully saturated rings. The van der Waals surface area contributed by atoms with E-state index in [4.69, 9.17) is 16.3 Å². The van der Waals surface area contributed by atoms with Crippen molar-refractivity contribution in [1.82, 2.24) is 5.43 Å². The number of hydrogen-bond acceptors (Lipinski definition) is 6. The highest BCUT2D eigenvalue weighted by Crippen LogP contribution is 2.20. The second-order valence-electron chi connectivity index (χ2n) is 6.85. The molecule has 2 N–H and O–H groups in total. The molecular weight excluding hydrogens is 448 g/mol. The Bertz CT molecular complexity index is 1230. The lowest BCUT2D eigenvalue weighted by molar-refractivity contribution is -0.384. The van der Waals surface area contributed by atoms with Crippen LogP contribution in [0.5, 0.6) is 5.75 Å². The predicted molar refractivity (Wildman–Crippen MR) is 125 cm³/mol. The minimum Gasteiger partial charge on any atom is -0.483 e. The summed E-state index contributed by atoms with van der Waals surface area (Å²) in [5.41, 5.74) is 4.18. The van der Waals surface area contributed by atoms with E-state index in [2.05, 4.69) is 15.8 Å². The molecule has 0 aliphatic carbocycles. The van der Waals surface area contributed by atoms with E-state index in [-0.39, 0.29) is 23.8 Å². The van der Waals surface area contributed by atoms with Gasteiger partial charge in [-0.05, 0) is 42.8 Å². The Kier molecular flexibility index (Phi) is 7.72. The largest absolute Gasteiger partial charge is 0.483 e. The molecule has 0 saturated carbocycles. The van der Waals surface area contributed by atoms with Crippen LogP contribution < -0.4 is 15.5 Å². The second-order valence-corrected chi connectivity index (χ2v) is 7.25. The third-order valence-corrected chi connectivity index (χ3v) is 4.83. The molecule has 3 aromatic carbocycles. The summed E-state index contributed by atoms with van der Waals surface area (Å²) in [4.78, 5) is 34.7. The maximum atomic E-state index is 12.2. The second kappa shape index (κ2) is 10.9. The zero-order chi connectivity index (χ0) is 23.8. The fourth-order valence-electron chi connectivity index (χ4n) is 2.72. The van der Waals surface area contributed by atoms with Gasteiger partial charge in [-0.1, -0.05) is 35.9 Å². The summed E-state index contributed by atoms with van der Waals surface area (Å²) < 4.78 is 5.59. The molecule has 10 heteroatoms. The lowest BCUT2D eigenvalue weighted by Crippen LogP contribution is -2.20. The molecule has 0 aliphatic rings. The normalized spacial score (nSPS) is 10.6. The first-order chi connectivity index (χ1) is 15.8. The van der Waals surface area contributed by atoms with Crippen LogP contribution in [0.15, 0.2) is 71.8 Å². The van der Waals surface area contributed by atoms with Gasteiger partial charge in [0.05, 0.1) is 11.1 Å². The number of nitro benzene ring substituents is 1. The highest BCUT2D eigenvalue weighted by Gasteiger charge is 2.11. The number of ether oxygens (including phenoxy) is 1. The Morgan fingerprint density at radius 1 is 1.12 bits per heavy atom. The first-order valence-corrected chi connectivity index (χ1v) is 10.1. The summed E-state index contributed by atoms with van der Waals surface area (Å²) >= 11 is 6.07. The summed E-state index contributed by atoms with van der Waals surface area (Å²) in [5, 5.41) is 18.0. The van der Waals surface area contributed by atoms with Crippen LogP contribution in [0.1, 0.15) is 21.5 Å². The fraction of sp³-hybridized carbons (Fsp3) is 0.0870. The maximum Gasteiger partial charge on any atom is 0.271 e. The number of para-hydroxylation sites is 1. The summed E-state index contributed by atoms with van der Waals surface area (Å²) in [7, 11) is 0. The minimum absolute atomic E-state index is 0.0961. The van der Waals surface area contributed by atoms with Gasteiger partial charge in [0.1, 0.15) is 5.75 Å². The SMILES string of the molecule is Cc1ccc(NC(=O)COc2ccccc2/C=N/NC(=O)c2cccc([N+](=O)[O-])c2)cc1Cl. The van der Waals surface area contributed by atoms with Crippen molar-refractivity contribution in [2.45, 2.75) is 6.92 Å². The molecule has 0 aliphatic heterocycles. The number of anilines is 1. The Morgan fingerprint density at radius 3 is 2.67 bits per heavy atom. The highest BCUT2D eigenvalue weighted by molar-refractivity contribution is 6.31. The van der Waals surface area contributed by atoms with Gasteiger partial charge in [0, 0.05) is 34.0 Å². The van der Waals surface area contributed by atoms with E-state index < -0.39 is 10.8 Å². The third-order valence-electron chi connectivity index (χ3n) is 4.42. The van der Waals surface area contributed by atoms with Crippen molar-refractivity contribution < 1.29 is 19.2 Å². The zero-order valence-corrected chi connectivity index (χ0v) is 18.2. The van der Waals surface area contributed by atoms with Crippen LogP contribution >= 0.6 is 11.6 Å². The summed E-state index contributed by atoms with van der Waals surface area (Å²) in [6, 6.07) is 17.3. The first kappa shape index (κ1) is 23.4. The van der Waals surface area contributed by atoms with Crippen LogP contribution in [-0.4, -0.2) is 29.6 Å². The lowest BCUT2D eigenvalue weighted by Gasteiger charge is -2.10. The quantitative estimate of drug-likeness (QED) is 0.290. The van der Waals surface area contributed by atoms with Gasteiger partial charge in [-0.2, -0.15) is 5.10 Å². The highest BCUT2D eigenvalue weighted by atomic mass is 35.5. The molecule has 2 amide bonds. The van der Waals surface area contributed by atoms with E-state index in [0.29, 0.717) is 22.0 Å². The number of amides is 2. The van der Waals surface area contributed by atoms with E-state index in [1.165, 1.54) is 24.4 Å². The molecule has 0 atom stereocenters. The van der Waals surface area contributed by atoms with Gasteiger partial charge in [0.25, 0.3) is 17.5 Å². The number of rotatable bonds is 8. The number of aryl methyl sites for hydroxylation is 1. The number of halogens is 1. The standard InChI is InChI=1S/C23H19ClN4O5/c1-15-9-10-18(12-20(15)24)26-22(29)14-33-21-8-3-2-5-17(21)13-25-27-23(30)16-6-4-7-19(11-16)28(31)32/h2-13H,14H2,1H3,(H,26,29)(H,27,30)/b25-13+. The summed E-state index contributed by atoms with van der Waals surface area (Å²) in [5.74, 6) is -0.604. The number of hydrogen-bond donors (Lipinski definition) is 2. The van der Waals surface area contributed by atoms with Crippen LogP contribution in [0.25, 0.3) is 0 Å². The molecule has 0 heterocycles. The first-order valence-electron chi connectivity index (χ1n) is 9.69. The van der Waals surface area contributed by atoms with Crippen molar-refractivity contribution in [3.05, 3.63) is 98.6 Å². The maximum absolute atomic E-state index is 12.2. The summed E-state index contributed by atoms with van der Waals surface area (Å²) in [6.07, 6.45) is 1.35. The van der Waals surface area contributed by atoms with Crippen molar-refractivity contribution >= 4 is 41.0 Å². The molecule has 0 bridgehead atoms. The molecule has 33 heavy (non-hydrogen) atoms.